The van der Waals surface area contributed by atoms with Gasteiger partial charge in [0.25, 0.3) is 0 Å². The molecular formula is C16H18O3. The summed E-state index contributed by atoms with van der Waals surface area (Å²) >= 11 is 0. The molecule has 0 spiro atoms. The van der Waals surface area contributed by atoms with Crippen LogP contribution >= 0.6 is 0 Å². The molecule has 0 aromatic heterocycles. The molecule has 0 bridgehead atoms. The highest BCUT2D eigenvalue weighted by Crippen LogP contribution is 2.40. The lowest BCUT2D eigenvalue weighted by Gasteiger charge is -2.07. The predicted molar refractivity (Wildman–Crippen MR) is 71.2 cm³/mol. The van der Waals surface area contributed by atoms with Crippen LogP contribution in [-0.4, -0.2) is 12.1 Å². The summed E-state index contributed by atoms with van der Waals surface area (Å²) in [6, 6.07) is 9.69. The van der Waals surface area contributed by atoms with Gasteiger partial charge in [-0.15, -0.1) is 0 Å². The lowest BCUT2D eigenvalue weighted by molar-refractivity contribution is -0.139. The predicted octanol–water partition coefficient (Wildman–Crippen LogP) is 3.20. The molecule has 2 aliphatic rings. The second kappa shape index (κ2) is 5.47. The number of fused-ring (bicyclic) bond motifs is 1. The minimum atomic E-state index is -0.307. The number of carbonyl (C=O) groups is 1. The fraction of sp³-hybridized carbons (Fsp3) is 0.438. The first kappa shape index (κ1) is 12.3. The van der Waals surface area contributed by atoms with Crippen LogP contribution in [0.15, 0.2) is 42.2 Å². The summed E-state index contributed by atoms with van der Waals surface area (Å²) in [6.45, 7) is 0.316. The van der Waals surface area contributed by atoms with Crippen molar-refractivity contribution in [1.29, 1.82) is 0 Å². The Kier molecular flexibility index (Phi) is 3.53. The van der Waals surface area contributed by atoms with Gasteiger partial charge in [-0.1, -0.05) is 30.3 Å². The van der Waals surface area contributed by atoms with E-state index in [0.717, 1.165) is 24.2 Å². The average molecular weight is 258 g/mol. The van der Waals surface area contributed by atoms with Crippen molar-refractivity contribution in [2.24, 2.45) is 5.92 Å². The largest absolute Gasteiger partial charge is 0.494 e. The SMILES string of the molecule is O=C(/C=C1\C[C@@H]2CCC[C@H]2O1)OCc1ccccc1. The second-order valence-corrected chi connectivity index (χ2v) is 5.26. The van der Waals surface area contributed by atoms with Crippen LogP contribution in [0.5, 0.6) is 0 Å². The van der Waals surface area contributed by atoms with Gasteiger partial charge in [-0.25, -0.2) is 4.79 Å². The highest BCUT2D eigenvalue weighted by Gasteiger charge is 2.36. The zero-order chi connectivity index (χ0) is 13.1. The van der Waals surface area contributed by atoms with E-state index in [1.165, 1.54) is 18.9 Å². The van der Waals surface area contributed by atoms with Crippen LogP contribution in [0.4, 0.5) is 0 Å². The van der Waals surface area contributed by atoms with Crippen LogP contribution in [0.25, 0.3) is 0 Å². The first-order valence-electron chi connectivity index (χ1n) is 6.89. The summed E-state index contributed by atoms with van der Waals surface area (Å²) in [5.74, 6) is 1.11. The molecule has 100 valence electrons. The molecule has 3 nitrogen and oxygen atoms in total. The molecule has 1 aromatic rings. The van der Waals surface area contributed by atoms with Gasteiger partial charge < -0.3 is 9.47 Å². The molecule has 0 radical (unpaired) electrons. The molecule has 3 heteroatoms. The van der Waals surface area contributed by atoms with Gasteiger partial charge in [0.05, 0.1) is 6.08 Å². The van der Waals surface area contributed by atoms with Gasteiger partial charge in [0, 0.05) is 12.3 Å². The summed E-state index contributed by atoms with van der Waals surface area (Å²) in [7, 11) is 0. The van der Waals surface area contributed by atoms with Crippen LogP contribution in [0.2, 0.25) is 0 Å². The quantitative estimate of drug-likeness (QED) is 0.617. The molecule has 1 aliphatic carbocycles. The van der Waals surface area contributed by atoms with Crippen LogP contribution in [0.1, 0.15) is 31.2 Å². The van der Waals surface area contributed by atoms with Crippen molar-refractivity contribution in [2.75, 3.05) is 0 Å². The Morgan fingerprint density at radius 3 is 2.95 bits per heavy atom. The Balaban J connectivity index is 1.51. The third kappa shape index (κ3) is 2.98. The van der Waals surface area contributed by atoms with Gasteiger partial charge in [-0.3, -0.25) is 0 Å². The number of carbonyl (C=O) groups excluding carboxylic acids is 1. The van der Waals surface area contributed by atoms with E-state index in [-0.39, 0.29) is 5.97 Å². The summed E-state index contributed by atoms with van der Waals surface area (Å²) in [4.78, 5) is 11.7. The van der Waals surface area contributed by atoms with E-state index in [1.54, 1.807) is 0 Å². The Bertz CT molecular complexity index is 464. The topological polar surface area (TPSA) is 35.5 Å². The number of allylic oxidation sites excluding steroid dienone is 1. The number of benzene rings is 1. The fourth-order valence-electron chi connectivity index (χ4n) is 2.89. The number of rotatable bonds is 3. The maximum Gasteiger partial charge on any atom is 0.334 e. The molecule has 1 saturated heterocycles. The first-order valence-corrected chi connectivity index (χ1v) is 6.89. The second-order valence-electron chi connectivity index (χ2n) is 5.26. The zero-order valence-corrected chi connectivity index (χ0v) is 10.9. The van der Waals surface area contributed by atoms with E-state index in [4.69, 9.17) is 9.47 Å². The van der Waals surface area contributed by atoms with E-state index < -0.39 is 0 Å². The van der Waals surface area contributed by atoms with Crippen molar-refractivity contribution in [3.05, 3.63) is 47.7 Å². The maximum atomic E-state index is 11.7. The van der Waals surface area contributed by atoms with E-state index in [2.05, 4.69) is 0 Å². The normalized spacial score (nSPS) is 27.1. The molecule has 0 unspecified atom stereocenters. The molecule has 1 aromatic carbocycles. The van der Waals surface area contributed by atoms with Crippen molar-refractivity contribution in [3.8, 4) is 0 Å². The zero-order valence-electron chi connectivity index (χ0n) is 10.9. The van der Waals surface area contributed by atoms with Crippen molar-refractivity contribution in [2.45, 2.75) is 38.4 Å². The van der Waals surface area contributed by atoms with Crippen molar-refractivity contribution in [1.82, 2.24) is 0 Å². The van der Waals surface area contributed by atoms with Crippen molar-refractivity contribution in [3.63, 3.8) is 0 Å². The Hall–Kier alpha value is -1.77. The molecule has 1 saturated carbocycles. The van der Waals surface area contributed by atoms with E-state index in [0.29, 0.717) is 18.6 Å². The summed E-state index contributed by atoms with van der Waals surface area (Å²) in [5, 5.41) is 0. The summed E-state index contributed by atoms with van der Waals surface area (Å²) < 4.78 is 11.0. The van der Waals surface area contributed by atoms with Gasteiger partial charge in [0.1, 0.15) is 18.5 Å². The molecular weight excluding hydrogens is 240 g/mol. The fourth-order valence-corrected chi connectivity index (χ4v) is 2.89. The number of ether oxygens (including phenoxy) is 2. The molecule has 2 fully saturated rings. The highest BCUT2D eigenvalue weighted by atomic mass is 16.5. The van der Waals surface area contributed by atoms with Crippen LogP contribution in [-0.2, 0) is 20.9 Å². The van der Waals surface area contributed by atoms with Crippen molar-refractivity contribution < 1.29 is 14.3 Å². The standard InChI is InChI=1S/C16H18O3/c17-16(18-11-12-5-2-1-3-6-12)10-14-9-13-7-4-8-15(13)19-14/h1-3,5-6,10,13,15H,4,7-9,11H2/b14-10+/t13-,15+/m0/s1. The Morgan fingerprint density at radius 1 is 1.32 bits per heavy atom. The van der Waals surface area contributed by atoms with E-state index >= 15 is 0 Å². The maximum absolute atomic E-state index is 11.7. The van der Waals surface area contributed by atoms with Gasteiger partial charge in [0.15, 0.2) is 0 Å². The number of esters is 1. The Morgan fingerprint density at radius 2 is 2.16 bits per heavy atom. The molecule has 1 aliphatic heterocycles. The molecule has 1 heterocycles. The van der Waals surface area contributed by atoms with Crippen LogP contribution in [0, 0.1) is 5.92 Å². The van der Waals surface area contributed by atoms with Gasteiger partial charge >= 0.3 is 5.97 Å². The first-order chi connectivity index (χ1) is 9.31. The summed E-state index contributed by atoms with van der Waals surface area (Å²) in [6.07, 6.45) is 6.35. The number of hydrogen-bond donors (Lipinski definition) is 0. The Labute approximate surface area is 113 Å². The third-order valence-electron chi connectivity index (χ3n) is 3.86. The minimum absolute atomic E-state index is 0.307. The van der Waals surface area contributed by atoms with Gasteiger partial charge in [0.2, 0.25) is 0 Å². The lowest BCUT2D eigenvalue weighted by Crippen LogP contribution is -2.06. The third-order valence-corrected chi connectivity index (χ3v) is 3.86. The summed E-state index contributed by atoms with van der Waals surface area (Å²) in [5.41, 5.74) is 0.999. The average Bonchev–Trinajstić information content (AvgIpc) is 2.98. The molecule has 19 heavy (non-hydrogen) atoms. The lowest BCUT2D eigenvalue weighted by atomic mass is 10.0. The van der Waals surface area contributed by atoms with Gasteiger partial charge in [-0.2, -0.15) is 0 Å². The van der Waals surface area contributed by atoms with Gasteiger partial charge in [-0.05, 0) is 24.8 Å². The highest BCUT2D eigenvalue weighted by molar-refractivity contribution is 5.82. The van der Waals surface area contributed by atoms with E-state index in [1.807, 2.05) is 30.3 Å². The molecule has 0 amide bonds. The molecule has 3 rings (SSSR count). The monoisotopic (exact) mass is 258 g/mol. The smallest absolute Gasteiger partial charge is 0.334 e. The molecule has 0 N–H and O–H groups in total. The number of hydrogen-bond acceptors (Lipinski definition) is 3. The van der Waals surface area contributed by atoms with Crippen LogP contribution < -0.4 is 0 Å². The van der Waals surface area contributed by atoms with Crippen LogP contribution in [0.3, 0.4) is 0 Å². The molecule has 2 atom stereocenters. The van der Waals surface area contributed by atoms with Crippen molar-refractivity contribution >= 4 is 5.97 Å². The van der Waals surface area contributed by atoms with E-state index in [9.17, 15) is 4.79 Å². The minimum Gasteiger partial charge on any atom is -0.494 e.